The molecule has 0 aromatic rings. The van der Waals surface area contributed by atoms with Crippen molar-refractivity contribution >= 4 is 0 Å². The molecule has 1 aliphatic carbocycles. The van der Waals surface area contributed by atoms with Gasteiger partial charge in [0.2, 0.25) is 0 Å². The summed E-state index contributed by atoms with van der Waals surface area (Å²) in [7, 11) is 0. The van der Waals surface area contributed by atoms with Crippen LogP contribution < -0.4 is 0 Å². The number of allylic oxidation sites excluding steroid dienone is 2. The van der Waals surface area contributed by atoms with Crippen molar-refractivity contribution in [3.63, 3.8) is 0 Å². The summed E-state index contributed by atoms with van der Waals surface area (Å²) < 4.78 is 0. The first-order chi connectivity index (χ1) is 3.50. The van der Waals surface area contributed by atoms with Crippen LogP contribution in [-0.4, -0.2) is 0 Å². The van der Waals surface area contributed by atoms with Crippen molar-refractivity contribution in [3.05, 3.63) is 25.3 Å². The van der Waals surface area contributed by atoms with Crippen LogP contribution in [0.5, 0.6) is 0 Å². The standard InChI is InChI=1S/C5H8.C2H4/c1-2-4-5-3-1;1-2/h1-2H,3-5H2;1-2H2. The van der Waals surface area contributed by atoms with Gasteiger partial charge in [0.25, 0.3) is 0 Å². The molecule has 7 heavy (non-hydrogen) atoms. The summed E-state index contributed by atoms with van der Waals surface area (Å²) in [5.74, 6) is 0. The van der Waals surface area contributed by atoms with Gasteiger partial charge in [0.15, 0.2) is 0 Å². The molecule has 1 aliphatic rings. The van der Waals surface area contributed by atoms with Crippen molar-refractivity contribution in [3.8, 4) is 0 Å². The van der Waals surface area contributed by atoms with Gasteiger partial charge in [-0.2, -0.15) is 0 Å². The predicted molar refractivity (Wildman–Crippen MR) is 34.2 cm³/mol. The Morgan fingerprint density at radius 2 is 1.43 bits per heavy atom. The van der Waals surface area contributed by atoms with Crippen LogP contribution in [-0.2, 0) is 0 Å². The fourth-order valence-electron chi connectivity index (χ4n) is 0.589. The van der Waals surface area contributed by atoms with Gasteiger partial charge in [0, 0.05) is 0 Å². The van der Waals surface area contributed by atoms with E-state index in [1.165, 1.54) is 19.3 Å². The summed E-state index contributed by atoms with van der Waals surface area (Å²) in [4.78, 5) is 0. The van der Waals surface area contributed by atoms with Gasteiger partial charge in [0.1, 0.15) is 0 Å². The van der Waals surface area contributed by atoms with Crippen LogP contribution in [0.3, 0.4) is 0 Å². The SMILES string of the molecule is C1=CCCC1.C=C. The molecule has 0 aromatic carbocycles. The Labute approximate surface area is 45.5 Å². The maximum absolute atomic E-state index is 3.00. The molecule has 0 radical (unpaired) electrons. The Hall–Kier alpha value is -0.520. The molecular formula is C7H12. The molecule has 0 amide bonds. The largest absolute Gasteiger partial charge is 0.106 e. The van der Waals surface area contributed by atoms with E-state index in [4.69, 9.17) is 0 Å². The van der Waals surface area contributed by atoms with Gasteiger partial charge >= 0.3 is 0 Å². The quantitative estimate of drug-likeness (QED) is 0.406. The molecule has 1 rings (SSSR count). The number of hydrogen-bond donors (Lipinski definition) is 0. The van der Waals surface area contributed by atoms with Crippen LogP contribution >= 0.6 is 0 Å². The molecule has 0 spiro atoms. The maximum atomic E-state index is 3.00. The summed E-state index contributed by atoms with van der Waals surface area (Å²) >= 11 is 0. The molecular weight excluding hydrogens is 84.1 g/mol. The maximum Gasteiger partial charge on any atom is -0.0348 e. The lowest BCUT2D eigenvalue weighted by atomic mass is 10.4. The molecule has 0 heterocycles. The van der Waals surface area contributed by atoms with Gasteiger partial charge < -0.3 is 0 Å². The summed E-state index contributed by atoms with van der Waals surface area (Å²) in [5.41, 5.74) is 0. The molecule has 0 heteroatoms. The number of rotatable bonds is 0. The highest BCUT2D eigenvalue weighted by Gasteiger charge is 1.84. The van der Waals surface area contributed by atoms with Crippen LogP contribution in [0.25, 0.3) is 0 Å². The Balaban J connectivity index is 0.000000162. The first kappa shape index (κ1) is 6.48. The molecule has 0 fully saturated rings. The fraction of sp³-hybridized carbons (Fsp3) is 0.429. The Morgan fingerprint density at radius 1 is 1.00 bits per heavy atom. The smallest absolute Gasteiger partial charge is 0.0348 e. The van der Waals surface area contributed by atoms with Gasteiger partial charge in [-0.1, -0.05) is 12.2 Å². The number of hydrogen-bond acceptors (Lipinski definition) is 0. The second-order valence-corrected chi connectivity index (χ2v) is 1.40. The average molecular weight is 96.2 g/mol. The van der Waals surface area contributed by atoms with Crippen molar-refractivity contribution in [2.24, 2.45) is 0 Å². The minimum absolute atomic E-state index is 1.32. The van der Waals surface area contributed by atoms with Gasteiger partial charge in [-0.05, 0) is 19.3 Å². The summed E-state index contributed by atoms with van der Waals surface area (Å²) in [6.45, 7) is 6.00. The van der Waals surface area contributed by atoms with E-state index in [-0.39, 0.29) is 0 Å². The molecule has 0 saturated heterocycles. The minimum atomic E-state index is 1.32. The van der Waals surface area contributed by atoms with Gasteiger partial charge in [-0.25, -0.2) is 0 Å². The first-order valence-corrected chi connectivity index (χ1v) is 2.65. The van der Waals surface area contributed by atoms with E-state index in [9.17, 15) is 0 Å². The highest BCUT2D eigenvalue weighted by atomic mass is 13.9. The highest BCUT2D eigenvalue weighted by molar-refractivity contribution is 4.88. The van der Waals surface area contributed by atoms with Crippen LogP contribution in [0.1, 0.15) is 19.3 Å². The van der Waals surface area contributed by atoms with E-state index in [0.29, 0.717) is 0 Å². The Kier molecular flexibility index (Phi) is 5.07. The minimum Gasteiger partial charge on any atom is -0.106 e. The van der Waals surface area contributed by atoms with E-state index in [1.54, 1.807) is 0 Å². The van der Waals surface area contributed by atoms with E-state index >= 15 is 0 Å². The zero-order chi connectivity index (χ0) is 5.54. The molecule has 0 unspecified atom stereocenters. The molecule has 40 valence electrons. The zero-order valence-corrected chi connectivity index (χ0v) is 4.69. The molecule has 0 N–H and O–H groups in total. The van der Waals surface area contributed by atoms with Gasteiger partial charge in [0.05, 0.1) is 0 Å². The zero-order valence-electron chi connectivity index (χ0n) is 4.69. The van der Waals surface area contributed by atoms with Crippen molar-refractivity contribution in [2.45, 2.75) is 19.3 Å². The third-order valence-electron chi connectivity index (χ3n) is 0.908. The summed E-state index contributed by atoms with van der Waals surface area (Å²) in [6, 6.07) is 0. The van der Waals surface area contributed by atoms with Crippen LogP contribution in [0, 0.1) is 0 Å². The van der Waals surface area contributed by atoms with Crippen molar-refractivity contribution < 1.29 is 0 Å². The summed E-state index contributed by atoms with van der Waals surface area (Å²) in [6.07, 6.45) is 8.50. The fourth-order valence-corrected chi connectivity index (χ4v) is 0.589. The van der Waals surface area contributed by atoms with Crippen LogP contribution in [0.15, 0.2) is 25.3 Å². The van der Waals surface area contributed by atoms with E-state index < -0.39 is 0 Å². The molecule has 0 nitrogen and oxygen atoms in total. The van der Waals surface area contributed by atoms with Crippen LogP contribution in [0.2, 0.25) is 0 Å². The second kappa shape index (κ2) is 5.48. The lowest BCUT2D eigenvalue weighted by Crippen LogP contribution is -1.50. The second-order valence-electron chi connectivity index (χ2n) is 1.40. The molecule has 0 bridgehead atoms. The lowest BCUT2D eigenvalue weighted by molar-refractivity contribution is 0.929. The molecule has 0 aliphatic heterocycles. The van der Waals surface area contributed by atoms with Gasteiger partial charge in [-0.15, -0.1) is 13.2 Å². The Bertz CT molecular complexity index is 47.1. The van der Waals surface area contributed by atoms with E-state index in [1.807, 2.05) is 0 Å². The molecule has 0 atom stereocenters. The van der Waals surface area contributed by atoms with Crippen molar-refractivity contribution in [2.75, 3.05) is 0 Å². The van der Waals surface area contributed by atoms with E-state index in [2.05, 4.69) is 25.3 Å². The highest BCUT2D eigenvalue weighted by Crippen LogP contribution is 2.05. The third-order valence-corrected chi connectivity index (χ3v) is 0.908. The average Bonchev–Trinajstić information content (AvgIpc) is 2.23. The first-order valence-electron chi connectivity index (χ1n) is 2.65. The van der Waals surface area contributed by atoms with Crippen molar-refractivity contribution in [1.29, 1.82) is 0 Å². The molecule has 0 saturated carbocycles. The van der Waals surface area contributed by atoms with E-state index in [0.717, 1.165) is 0 Å². The van der Waals surface area contributed by atoms with Crippen LogP contribution in [0.4, 0.5) is 0 Å². The summed E-state index contributed by atoms with van der Waals surface area (Å²) in [5, 5.41) is 0. The molecule has 0 aromatic heterocycles. The Morgan fingerprint density at radius 3 is 1.57 bits per heavy atom. The van der Waals surface area contributed by atoms with Gasteiger partial charge in [-0.3, -0.25) is 0 Å². The normalized spacial score (nSPS) is 15.4. The third kappa shape index (κ3) is 3.31. The monoisotopic (exact) mass is 96.1 g/mol. The topological polar surface area (TPSA) is 0 Å². The van der Waals surface area contributed by atoms with Crippen molar-refractivity contribution in [1.82, 2.24) is 0 Å². The predicted octanol–water partition coefficient (Wildman–Crippen LogP) is 2.53. The lowest BCUT2D eigenvalue weighted by Gasteiger charge is -1.69.